The van der Waals surface area contributed by atoms with Crippen LogP contribution < -0.4 is 15.0 Å². The molecule has 0 saturated heterocycles. The molecule has 0 spiro atoms. The standard InChI is InChI=1S/C18H17F3N2O4/c1-2-22(9-12-5-6-14-15(8-12)27-11-26-14)16(24)10-23-7-3-4-13(17(23)25)18(19,20)21/h3-8H,2,9-11H2,1H3. The van der Waals surface area contributed by atoms with Crippen LogP contribution in [-0.4, -0.2) is 28.7 Å². The Morgan fingerprint density at radius 2 is 1.96 bits per heavy atom. The SMILES string of the molecule is CCN(Cc1ccc2c(c1)OCO2)C(=O)Cn1cccc(C(F)(F)F)c1=O. The average Bonchev–Trinajstić information content (AvgIpc) is 3.08. The van der Waals surface area contributed by atoms with Crippen molar-refractivity contribution >= 4 is 5.91 Å². The number of amides is 1. The van der Waals surface area contributed by atoms with Crippen molar-refractivity contribution in [1.29, 1.82) is 0 Å². The van der Waals surface area contributed by atoms with Crippen LogP contribution in [0.4, 0.5) is 13.2 Å². The quantitative estimate of drug-likeness (QED) is 0.798. The van der Waals surface area contributed by atoms with Crippen LogP contribution in [0, 0.1) is 0 Å². The lowest BCUT2D eigenvalue weighted by Crippen LogP contribution is -2.37. The fourth-order valence-electron chi connectivity index (χ4n) is 2.76. The summed E-state index contributed by atoms with van der Waals surface area (Å²) in [6.07, 6.45) is -3.59. The van der Waals surface area contributed by atoms with Gasteiger partial charge in [0.1, 0.15) is 12.1 Å². The molecule has 1 amide bonds. The van der Waals surface area contributed by atoms with Crippen molar-refractivity contribution in [1.82, 2.24) is 9.47 Å². The number of nitrogens with zero attached hydrogens (tertiary/aromatic N) is 2. The Bertz CT molecular complexity index is 908. The highest BCUT2D eigenvalue weighted by atomic mass is 19.4. The van der Waals surface area contributed by atoms with Gasteiger partial charge in [0, 0.05) is 19.3 Å². The van der Waals surface area contributed by atoms with Crippen molar-refractivity contribution in [2.75, 3.05) is 13.3 Å². The molecule has 9 heteroatoms. The lowest BCUT2D eigenvalue weighted by Gasteiger charge is -2.22. The third-order valence-electron chi connectivity index (χ3n) is 4.18. The number of benzene rings is 1. The molecule has 0 radical (unpaired) electrons. The van der Waals surface area contributed by atoms with Gasteiger partial charge in [-0.15, -0.1) is 0 Å². The highest BCUT2D eigenvalue weighted by Crippen LogP contribution is 2.32. The first-order valence-electron chi connectivity index (χ1n) is 8.22. The first-order valence-corrected chi connectivity index (χ1v) is 8.22. The lowest BCUT2D eigenvalue weighted by molar-refractivity contribution is -0.139. The summed E-state index contributed by atoms with van der Waals surface area (Å²) in [4.78, 5) is 26.0. The highest BCUT2D eigenvalue weighted by molar-refractivity contribution is 5.76. The van der Waals surface area contributed by atoms with E-state index < -0.39 is 29.8 Å². The number of ether oxygens (including phenoxy) is 2. The summed E-state index contributed by atoms with van der Waals surface area (Å²) in [6, 6.07) is 7.06. The number of alkyl halides is 3. The third kappa shape index (κ3) is 4.07. The zero-order chi connectivity index (χ0) is 19.6. The molecule has 1 aliphatic heterocycles. The Hall–Kier alpha value is -2.97. The van der Waals surface area contributed by atoms with Crippen molar-refractivity contribution in [3.05, 3.63) is 58.0 Å². The molecule has 6 nitrogen and oxygen atoms in total. The molecular weight excluding hydrogens is 365 g/mol. The maximum atomic E-state index is 12.9. The minimum Gasteiger partial charge on any atom is -0.454 e. The van der Waals surface area contributed by atoms with Crippen LogP contribution in [0.25, 0.3) is 0 Å². The summed E-state index contributed by atoms with van der Waals surface area (Å²) in [5.74, 6) is 0.727. The topological polar surface area (TPSA) is 60.8 Å². The second kappa shape index (κ2) is 7.34. The number of aromatic nitrogens is 1. The van der Waals surface area contributed by atoms with Gasteiger partial charge in [0.05, 0.1) is 0 Å². The van der Waals surface area contributed by atoms with Crippen LogP contribution in [0.15, 0.2) is 41.3 Å². The van der Waals surface area contributed by atoms with E-state index in [1.165, 1.54) is 11.1 Å². The molecular formula is C18H17F3N2O4. The number of carbonyl (C=O) groups is 1. The van der Waals surface area contributed by atoms with Crippen molar-refractivity contribution in [3.63, 3.8) is 0 Å². The van der Waals surface area contributed by atoms with Crippen molar-refractivity contribution in [3.8, 4) is 11.5 Å². The maximum Gasteiger partial charge on any atom is 0.421 e. The Morgan fingerprint density at radius 1 is 1.22 bits per heavy atom. The Kier molecular flexibility index (Phi) is 5.11. The Labute approximate surface area is 152 Å². The number of pyridine rings is 1. The molecule has 0 bridgehead atoms. The summed E-state index contributed by atoms with van der Waals surface area (Å²) >= 11 is 0. The number of carbonyl (C=O) groups excluding carboxylic acids is 1. The Morgan fingerprint density at radius 3 is 2.67 bits per heavy atom. The molecule has 2 heterocycles. The number of fused-ring (bicyclic) bond motifs is 1. The van der Waals surface area contributed by atoms with E-state index in [2.05, 4.69) is 0 Å². The van der Waals surface area contributed by atoms with Crippen molar-refractivity contribution < 1.29 is 27.4 Å². The zero-order valence-corrected chi connectivity index (χ0v) is 14.5. The summed E-state index contributed by atoms with van der Waals surface area (Å²) in [5, 5.41) is 0. The minimum atomic E-state index is -4.76. The molecule has 1 aromatic heterocycles. The molecule has 144 valence electrons. The van der Waals surface area contributed by atoms with E-state index in [1.807, 2.05) is 0 Å². The second-order valence-electron chi connectivity index (χ2n) is 5.95. The third-order valence-corrected chi connectivity index (χ3v) is 4.18. The smallest absolute Gasteiger partial charge is 0.421 e. The zero-order valence-electron chi connectivity index (χ0n) is 14.5. The van der Waals surface area contributed by atoms with E-state index >= 15 is 0 Å². The van der Waals surface area contributed by atoms with Gasteiger partial charge in [0.25, 0.3) is 5.56 Å². The van der Waals surface area contributed by atoms with E-state index in [0.29, 0.717) is 24.1 Å². The largest absolute Gasteiger partial charge is 0.454 e. The maximum absolute atomic E-state index is 12.9. The van der Waals surface area contributed by atoms with Crippen LogP contribution in [0.2, 0.25) is 0 Å². The molecule has 0 saturated carbocycles. The Balaban J connectivity index is 1.75. The van der Waals surface area contributed by atoms with Gasteiger partial charge < -0.3 is 18.9 Å². The number of likely N-dealkylation sites (N-methyl/N-ethyl adjacent to an activating group) is 1. The van der Waals surface area contributed by atoms with Crippen LogP contribution >= 0.6 is 0 Å². The summed E-state index contributed by atoms with van der Waals surface area (Å²) in [5.41, 5.74) is -1.75. The van der Waals surface area contributed by atoms with Gasteiger partial charge in [-0.1, -0.05) is 6.07 Å². The summed E-state index contributed by atoms with van der Waals surface area (Å²) < 4.78 is 49.9. The molecule has 0 unspecified atom stereocenters. The fraction of sp³-hybridized carbons (Fsp3) is 0.333. The first-order chi connectivity index (χ1) is 12.8. The van der Waals surface area contributed by atoms with Crippen LogP contribution in [0.5, 0.6) is 11.5 Å². The minimum absolute atomic E-state index is 0.133. The summed E-state index contributed by atoms with van der Waals surface area (Å²) in [6.45, 7) is 1.98. The van der Waals surface area contributed by atoms with Gasteiger partial charge in [-0.3, -0.25) is 9.59 Å². The second-order valence-corrected chi connectivity index (χ2v) is 5.95. The number of hydrogen-bond donors (Lipinski definition) is 0. The summed E-state index contributed by atoms with van der Waals surface area (Å²) in [7, 11) is 0. The van der Waals surface area contributed by atoms with E-state index in [9.17, 15) is 22.8 Å². The van der Waals surface area contributed by atoms with Crippen LogP contribution in [0.3, 0.4) is 0 Å². The van der Waals surface area contributed by atoms with Gasteiger partial charge in [0.2, 0.25) is 12.7 Å². The number of rotatable bonds is 5. The predicted molar refractivity (Wildman–Crippen MR) is 89.4 cm³/mol. The van der Waals surface area contributed by atoms with Gasteiger partial charge in [-0.2, -0.15) is 13.2 Å². The predicted octanol–water partition coefficient (Wildman–Crippen LogP) is 2.64. The normalized spacial score (nSPS) is 12.9. The molecule has 0 fully saturated rings. The molecule has 0 N–H and O–H groups in total. The van der Waals surface area contributed by atoms with Crippen LogP contribution in [-0.2, 0) is 24.1 Å². The fourth-order valence-corrected chi connectivity index (χ4v) is 2.76. The first kappa shape index (κ1) is 18.8. The van der Waals surface area contributed by atoms with Gasteiger partial charge in [0.15, 0.2) is 11.5 Å². The van der Waals surface area contributed by atoms with Crippen molar-refractivity contribution in [2.45, 2.75) is 26.2 Å². The number of halogens is 3. The van der Waals surface area contributed by atoms with E-state index in [0.717, 1.165) is 16.2 Å². The molecule has 1 aromatic carbocycles. The monoisotopic (exact) mass is 382 g/mol. The molecule has 0 aliphatic carbocycles. The van der Waals surface area contributed by atoms with E-state index in [-0.39, 0.29) is 13.3 Å². The number of hydrogen-bond acceptors (Lipinski definition) is 4. The van der Waals surface area contributed by atoms with Gasteiger partial charge in [-0.25, -0.2) is 0 Å². The lowest BCUT2D eigenvalue weighted by atomic mass is 10.2. The molecule has 1 aliphatic rings. The highest BCUT2D eigenvalue weighted by Gasteiger charge is 2.34. The van der Waals surface area contributed by atoms with Gasteiger partial charge in [-0.05, 0) is 36.8 Å². The molecule has 2 aromatic rings. The van der Waals surface area contributed by atoms with Crippen LogP contribution in [0.1, 0.15) is 18.1 Å². The van der Waals surface area contributed by atoms with Crippen molar-refractivity contribution in [2.24, 2.45) is 0 Å². The molecule has 3 rings (SSSR count). The van der Waals surface area contributed by atoms with Gasteiger partial charge >= 0.3 is 6.18 Å². The van der Waals surface area contributed by atoms with E-state index in [4.69, 9.17) is 9.47 Å². The average molecular weight is 382 g/mol. The van der Waals surface area contributed by atoms with E-state index in [1.54, 1.807) is 25.1 Å². The molecule has 27 heavy (non-hydrogen) atoms. The molecule has 0 atom stereocenters.